The second-order valence-corrected chi connectivity index (χ2v) is 7.76. The molecule has 0 aliphatic carbocycles. The number of nitrogens with one attached hydrogen (secondary N) is 3. The van der Waals surface area contributed by atoms with Gasteiger partial charge in [0.1, 0.15) is 5.69 Å². The second kappa shape index (κ2) is 7.20. The molecule has 0 saturated carbocycles. The number of amides is 1. The summed E-state index contributed by atoms with van der Waals surface area (Å²) >= 11 is 0. The Labute approximate surface area is 177 Å². The number of fused-ring (bicyclic) bond motifs is 4. The van der Waals surface area contributed by atoms with Crippen molar-refractivity contribution >= 4 is 27.6 Å². The molecule has 1 aliphatic rings. The van der Waals surface area contributed by atoms with Crippen LogP contribution in [0.1, 0.15) is 27.8 Å². The van der Waals surface area contributed by atoms with Crippen LogP contribution < -0.4 is 10.9 Å². The third-order valence-corrected chi connectivity index (χ3v) is 5.84. The van der Waals surface area contributed by atoms with Gasteiger partial charge in [0.2, 0.25) is 0 Å². The predicted molar refractivity (Wildman–Crippen MR) is 109 cm³/mol. The van der Waals surface area contributed by atoms with Gasteiger partial charge in [-0.15, -0.1) is 0 Å². The van der Waals surface area contributed by atoms with E-state index >= 15 is 0 Å². The van der Waals surface area contributed by atoms with Crippen LogP contribution in [0.3, 0.4) is 0 Å². The standard InChI is InChI=1S/C22H16F4N4O2/c1-30(22(32)17-3-9-2-12(23)15(26)6-16(9)28-17)19-8-27-7-18-20(19)10-4-13(24)14(25)5-11(10)21(31)29-18/h2-6,19,27-28H,7-8H2,1H3,(H,29,31)/t19-/m1/s1. The number of H-pyrrole nitrogens is 2. The van der Waals surface area contributed by atoms with Crippen molar-refractivity contribution in [3.8, 4) is 0 Å². The Kier molecular flexibility index (Phi) is 4.55. The minimum atomic E-state index is -1.14. The number of pyridine rings is 1. The van der Waals surface area contributed by atoms with Crippen LogP contribution in [-0.2, 0) is 6.54 Å². The highest BCUT2D eigenvalue weighted by molar-refractivity contribution is 5.98. The lowest BCUT2D eigenvalue weighted by molar-refractivity contribution is 0.0718. The number of nitrogens with zero attached hydrogens (tertiary/aromatic N) is 1. The normalized spacial score (nSPS) is 15.8. The van der Waals surface area contributed by atoms with Crippen molar-refractivity contribution in [2.75, 3.05) is 13.6 Å². The number of rotatable bonds is 2. The van der Waals surface area contributed by atoms with Gasteiger partial charge in [-0.1, -0.05) is 0 Å². The molecule has 10 heteroatoms. The smallest absolute Gasteiger partial charge is 0.270 e. The summed E-state index contributed by atoms with van der Waals surface area (Å²) in [5.41, 5.74) is 0.765. The molecule has 0 radical (unpaired) electrons. The largest absolute Gasteiger partial charge is 0.350 e. The van der Waals surface area contributed by atoms with Gasteiger partial charge in [0, 0.05) is 48.4 Å². The van der Waals surface area contributed by atoms with Crippen LogP contribution in [0.2, 0.25) is 0 Å². The number of likely N-dealkylation sites (N-methyl/N-ethyl adjacent to an activating group) is 1. The molecule has 2 aromatic carbocycles. The first-order chi connectivity index (χ1) is 15.2. The fourth-order valence-corrected chi connectivity index (χ4v) is 4.25. The number of hydrogen-bond donors (Lipinski definition) is 3. The number of hydrogen-bond acceptors (Lipinski definition) is 3. The van der Waals surface area contributed by atoms with Gasteiger partial charge in [0.05, 0.1) is 11.4 Å². The molecule has 0 spiro atoms. The van der Waals surface area contributed by atoms with Gasteiger partial charge in [-0.2, -0.15) is 0 Å². The van der Waals surface area contributed by atoms with E-state index in [2.05, 4.69) is 15.3 Å². The zero-order valence-electron chi connectivity index (χ0n) is 16.7. The molecule has 3 N–H and O–H groups in total. The molecule has 1 amide bonds. The monoisotopic (exact) mass is 444 g/mol. The van der Waals surface area contributed by atoms with Gasteiger partial charge in [-0.3, -0.25) is 9.59 Å². The van der Waals surface area contributed by atoms with E-state index in [4.69, 9.17) is 0 Å². The first-order valence-corrected chi connectivity index (χ1v) is 9.74. The maximum atomic E-state index is 14.0. The lowest BCUT2D eigenvalue weighted by atomic mass is 9.93. The molecule has 1 atom stereocenters. The van der Waals surface area contributed by atoms with Crippen molar-refractivity contribution in [2.24, 2.45) is 0 Å². The molecule has 6 nitrogen and oxygen atoms in total. The lowest BCUT2D eigenvalue weighted by Gasteiger charge is -2.34. The maximum Gasteiger partial charge on any atom is 0.270 e. The second-order valence-electron chi connectivity index (χ2n) is 7.76. The highest BCUT2D eigenvalue weighted by atomic mass is 19.2. The minimum absolute atomic E-state index is 0.0213. The quantitative estimate of drug-likeness (QED) is 0.414. The number of aromatic nitrogens is 2. The minimum Gasteiger partial charge on any atom is -0.350 e. The molecule has 0 fully saturated rings. The van der Waals surface area contributed by atoms with E-state index in [9.17, 15) is 27.2 Å². The van der Waals surface area contributed by atoms with Crippen molar-refractivity contribution in [1.29, 1.82) is 0 Å². The summed E-state index contributed by atoms with van der Waals surface area (Å²) in [4.78, 5) is 32.4. The van der Waals surface area contributed by atoms with Crippen molar-refractivity contribution < 1.29 is 22.4 Å². The molecular formula is C22H16F4N4O2. The maximum absolute atomic E-state index is 14.0. The fraction of sp³-hybridized carbons (Fsp3) is 0.182. The first kappa shape index (κ1) is 20.3. The van der Waals surface area contributed by atoms with E-state index < -0.39 is 40.8 Å². The van der Waals surface area contributed by atoms with Crippen LogP contribution in [0.15, 0.2) is 35.1 Å². The van der Waals surface area contributed by atoms with Crippen LogP contribution in [0, 0.1) is 23.3 Å². The van der Waals surface area contributed by atoms with E-state index in [-0.39, 0.29) is 28.5 Å². The van der Waals surface area contributed by atoms with E-state index in [1.54, 1.807) is 0 Å². The van der Waals surface area contributed by atoms with Crippen LogP contribution in [-0.4, -0.2) is 34.4 Å². The summed E-state index contributed by atoms with van der Waals surface area (Å²) in [6, 6.07) is 4.54. The summed E-state index contributed by atoms with van der Waals surface area (Å²) in [5.74, 6) is -4.80. The number of carbonyl (C=O) groups is 1. The summed E-state index contributed by atoms with van der Waals surface area (Å²) < 4.78 is 54.9. The van der Waals surface area contributed by atoms with Gasteiger partial charge in [-0.05, 0) is 29.7 Å². The Balaban J connectivity index is 1.61. The van der Waals surface area contributed by atoms with Gasteiger partial charge in [0.15, 0.2) is 23.3 Å². The molecule has 5 rings (SSSR count). The van der Waals surface area contributed by atoms with Crippen LogP contribution >= 0.6 is 0 Å². The Morgan fingerprint density at radius 2 is 1.59 bits per heavy atom. The van der Waals surface area contributed by atoms with Crippen LogP contribution in [0.4, 0.5) is 17.6 Å². The van der Waals surface area contributed by atoms with Crippen molar-refractivity contribution in [3.63, 3.8) is 0 Å². The lowest BCUT2D eigenvalue weighted by Crippen LogP contribution is -2.42. The molecule has 4 aromatic rings. The van der Waals surface area contributed by atoms with Crippen LogP contribution in [0.5, 0.6) is 0 Å². The van der Waals surface area contributed by atoms with Crippen molar-refractivity contribution in [2.45, 2.75) is 12.6 Å². The van der Waals surface area contributed by atoms with E-state index in [0.29, 0.717) is 23.2 Å². The van der Waals surface area contributed by atoms with Crippen molar-refractivity contribution in [3.05, 3.63) is 80.9 Å². The molecule has 164 valence electrons. The number of halogens is 4. The summed E-state index contributed by atoms with van der Waals surface area (Å²) in [7, 11) is 1.52. The zero-order chi connectivity index (χ0) is 22.7. The van der Waals surface area contributed by atoms with Gasteiger partial charge in [-0.25, -0.2) is 17.6 Å². The topological polar surface area (TPSA) is 81.0 Å². The molecule has 0 unspecified atom stereocenters. The predicted octanol–water partition coefficient (Wildman–Crippen LogP) is 3.48. The Hall–Kier alpha value is -3.66. The molecule has 0 bridgehead atoms. The SMILES string of the molecule is CN(C(=O)c1cc2cc(F)c(F)cc2[nH]1)[C@@H]1CNCc2[nH]c(=O)c3cc(F)c(F)cc3c21. The van der Waals surface area contributed by atoms with Gasteiger partial charge in [0.25, 0.3) is 11.5 Å². The zero-order valence-corrected chi connectivity index (χ0v) is 16.7. The molecule has 2 aromatic heterocycles. The fourth-order valence-electron chi connectivity index (χ4n) is 4.25. The first-order valence-electron chi connectivity index (χ1n) is 9.74. The number of carbonyl (C=O) groups excluding carboxylic acids is 1. The number of aromatic amines is 2. The molecule has 1 aliphatic heterocycles. The van der Waals surface area contributed by atoms with E-state index in [1.165, 1.54) is 18.0 Å². The van der Waals surface area contributed by atoms with Gasteiger partial charge < -0.3 is 20.2 Å². The molecule has 0 saturated heterocycles. The summed E-state index contributed by atoms with van der Waals surface area (Å²) in [6.45, 7) is 0.571. The van der Waals surface area contributed by atoms with Crippen LogP contribution in [0.25, 0.3) is 21.7 Å². The van der Waals surface area contributed by atoms with E-state index in [0.717, 1.165) is 24.3 Å². The van der Waals surface area contributed by atoms with Gasteiger partial charge >= 0.3 is 0 Å². The van der Waals surface area contributed by atoms with E-state index in [1.807, 2.05) is 0 Å². The molecular weight excluding hydrogens is 428 g/mol. The summed E-state index contributed by atoms with van der Waals surface area (Å²) in [6.07, 6.45) is 0. The highest BCUT2D eigenvalue weighted by Gasteiger charge is 2.31. The van der Waals surface area contributed by atoms with Crippen molar-refractivity contribution in [1.82, 2.24) is 20.2 Å². The average Bonchev–Trinajstić information content (AvgIpc) is 3.16. The average molecular weight is 444 g/mol. The molecule has 32 heavy (non-hydrogen) atoms. The highest BCUT2D eigenvalue weighted by Crippen LogP contribution is 2.33. The third kappa shape index (κ3) is 3.06. The third-order valence-electron chi connectivity index (χ3n) is 5.84. The Morgan fingerprint density at radius 1 is 0.938 bits per heavy atom. The molecule has 3 heterocycles. The number of benzene rings is 2. The Morgan fingerprint density at radius 3 is 2.34 bits per heavy atom. The summed E-state index contributed by atoms with van der Waals surface area (Å²) in [5, 5.41) is 3.62. The Bertz CT molecular complexity index is 1440.